The van der Waals surface area contributed by atoms with Crippen LogP contribution in [0.15, 0.2) is 48.7 Å². The van der Waals surface area contributed by atoms with Gasteiger partial charge in [0.2, 0.25) is 0 Å². The molecule has 4 N–H and O–H groups in total. The fourth-order valence-corrected chi connectivity index (χ4v) is 3.64. The molecule has 1 saturated heterocycles. The third-order valence-corrected chi connectivity index (χ3v) is 5.30. The molecule has 0 spiro atoms. The highest BCUT2D eigenvalue weighted by Crippen LogP contribution is 2.26. The van der Waals surface area contributed by atoms with E-state index in [0.29, 0.717) is 46.9 Å². The largest absolute Gasteiger partial charge is 0.382 e. The first-order valence-corrected chi connectivity index (χ1v) is 9.97. The Kier molecular flexibility index (Phi) is 4.79. The number of carbonyl (C=O) groups excluding carboxylic acids is 1. The van der Waals surface area contributed by atoms with Gasteiger partial charge in [0.1, 0.15) is 11.5 Å². The Morgan fingerprint density at radius 3 is 2.61 bits per heavy atom. The molecule has 1 aliphatic heterocycles. The van der Waals surface area contributed by atoms with E-state index in [1.165, 1.54) is 12.1 Å². The second-order valence-electron chi connectivity index (χ2n) is 7.36. The van der Waals surface area contributed by atoms with Gasteiger partial charge in [-0.3, -0.25) is 4.79 Å². The number of imidazole rings is 1. The lowest BCUT2D eigenvalue weighted by Crippen LogP contribution is -2.46. The highest BCUT2D eigenvalue weighted by molar-refractivity contribution is 5.94. The molecule has 2 aromatic heterocycles. The smallest absolute Gasteiger partial charge is 0.253 e. The summed E-state index contributed by atoms with van der Waals surface area (Å²) in [6.45, 7) is 3.02. The summed E-state index contributed by atoms with van der Waals surface area (Å²) in [6.07, 6.45) is 1.58. The van der Waals surface area contributed by atoms with Crippen LogP contribution >= 0.6 is 0 Å². The fraction of sp³-hybridized carbons (Fsp3) is 0.182. The number of rotatable bonds is 3. The lowest BCUT2D eigenvalue weighted by atomic mass is 10.1. The Morgan fingerprint density at radius 2 is 1.84 bits per heavy atom. The Hall–Kier alpha value is -3.85. The van der Waals surface area contributed by atoms with Crippen molar-refractivity contribution in [1.29, 1.82) is 0 Å². The third-order valence-electron chi connectivity index (χ3n) is 5.30. The van der Waals surface area contributed by atoms with Gasteiger partial charge in [0.15, 0.2) is 11.6 Å². The van der Waals surface area contributed by atoms with Gasteiger partial charge in [-0.1, -0.05) is 12.1 Å². The Bertz CT molecular complexity index is 1260. The van der Waals surface area contributed by atoms with Crippen LogP contribution < -0.4 is 11.1 Å². The van der Waals surface area contributed by atoms with Crippen LogP contribution in [-0.2, 0) is 0 Å². The lowest BCUT2D eigenvalue weighted by Gasteiger charge is -2.27. The van der Waals surface area contributed by atoms with Gasteiger partial charge >= 0.3 is 0 Å². The number of fused-ring (bicyclic) bond motifs is 1. The third kappa shape index (κ3) is 3.71. The number of amides is 1. The summed E-state index contributed by atoms with van der Waals surface area (Å²) in [5, 5.41) is 3.24. The van der Waals surface area contributed by atoms with E-state index in [4.69, 9.17) is 5.73 Å². The van der Waals surface area contributed by atoms with Crippen LogP contribution in [-0.4, -0.2) is 56.9 Å². The predicted molar refractivity (Wildman–Crippen MR) is 116 cm³/mol. The van der Waals surface area contributed by atoms with Crippen LogP contribution in [0.3, 0.4) is 0 Å². The summed E-state index contributed by atoms with van der Waals surface area (Å²) < 4.78 is 13.5. The molecule has 31 heavy (non-hydrogen) atoms. The number of nitrogens with one attached hydrogen (secondary N) is 2. The second-order valence-corrected chi connectivity index (χ2v) is 7.36. The Morgan fingerprint density at radius 1 is 1.06 bits per heavy atom. The summed E-state index contributed by atoms with van der Waals surface area (Å²) in [5.41, 5.74) is 9.61. The molecule has 0 atom stereocenters. The average Bonchev–Trinajstić information content (AvgIpc) is 3.22. The van der Waals surface area contributed by atoms with Gasteiger partial charge in [0.25, 0.3) is 5.91 Å². The van der Waals surface area contributed by atoms with Gasteiger partial charge in [-0.05, 0) is 30.3 Å². The zero-order valence-electron chi connectivity index (χ0n) is 16.6. The predicted octanol–water partition coefficient (Wildman–Crippen LogP) is 2.45. The van der Waals surface area contributed by atoms with Crippen LogP contribution in [0.4, 0.5) is 10.2 Å². The molecule has 0 bridgehead atoms. The minimum absolute atomic E-state index is 0.0200. The van der Waals surface area contributed by atoms with E-state index < -0.39 is 0 Å². The molecule has 1 aliphatic rings. The van der Waals surface area contributed by atoms with E-state index in [1.807, 2.05) is 17.0 Å². The minimum Gasteiger partial charge on any atom is -0.382 e. The van der Waals surface area contributed by atoms with E-state index in [9.17, 15) is 9.18 Å². The van der Waals surface area contributed by atoms with E-state index in [2.05, 4.69) is 25.3 Å². The van der Waals surface area contributed by atoms with Gasteiger partial charge < -0.3 is 20.9 Å². The number of carbonyl (C=O) groups is 1. The number of piperazine rings is 1. The van der Waals surface area contributed by atoms with Gasteiger partial charge in [-0.25, -0.2) is 19.3 Å². The number of nitrogens with two attached hydrogens (primary N) is 1. The molecule has 9 heteroatoms. The zero-order valence-corrected chi connectivity index (χ0v) is 16.6. The number of H-pyrrole nitrogens is 1. The monoisotopic (exact) mass is 417 g/mol. The quantitative estimate of drug-likeness (QED) is 0.472. The molecule has 3 heterocycles. The first kappa shape index (κ1) is 19.1. The van der Waals surface area contributed by atoms with Crippen molar-refractivity contribution in [3.63, 3.8) is 0 Å². The number of halogens is 1. The standard InChI is InChI=1S/C22H20FN7O/c23-15-5-6-16-17(11-15)29-21(28-16)19-20(24)26-12-18(27-19)13-1-3-14(4-2-13)22(31)30-9-7-25-8-10-30/h1-6,11-12,25H,7-10H2,(H2,24,26)(H,28,29). The number of nitrogen functional groups attached to an aromatic ring is 1. The van der Waals surface area contributed by atoms with Crippen molar-refractivity contribution < 1.29 is 9.18 Å². The number of hydrogen-bond donors (Lipinski definition) is 3. The zero-order chi connectivity index (χ0) is 21.4. The van der Waals surface area contributed by atoms with Crippen molar-refractivity contribution in [2.75, 3.05) is 31.9 Å². The summed E-state index contributed by atoms with van der Waals surface area (Å²) >= 11 is 0. The Balaban J connectivity index is 1.44. The topological polar surface area (TPSA) is 113 Å². The van der Waals surface area contributed by atoms with Gasteiger partial charge in [0.05, 0.1) is 22.9 Å². The maximum absolute atomic E-state index is 13.5. The molecule has 0 aliphatic carbocycles. The fourth-order valence-electron chi connectivity index (χ4n) is 3.64. The molecule has 8 nitrogen and oxygen atoms in total. The number of nitrogens with zero attached hydrogens (tertiary/aromatic N) is 4. The molecular weight excluding hydrogens is 397 g/mol. The molecule has 5 rings (SSSR count). The van der Waals surface area contributed by atoms with Crippen molar-refractivity contribution in [2.45, 2.75) is 0 Å². The number of anilines is 1. The molecule has 2 aromatic carbocycles. The average molecular weight is 417 g/mol. The van der Waals surface area contributed by atoms with E-state index in [1.54, 1.807) is 24.4 Å². The minimum atomic E-state index is -0.356. The molecule has 1 fully saturated rings. The maximum Gasteiger partial charge on any atom is 0.253 e. The highest BCUT2D eigenvalue weighted by Gasteiger charge is 2.18. The van der Waals surface area contributed by atoms with Crippen molar-refractivity contribution in [2.24, 2.45) is 0 Å². The van der Waals surface area contributed by atoms with Crippen molar-refractivity contribution in [1.82, 2.24) is 30.2 Å². The van der Waals surface area contributed by atoms with Gasteiger partial charge in [-0.15, -0.1) is 0 Å². The van der Waals surface area contributed by atoms with Crippen LogP contribution in [0.1, 0.15) is 10.4 Å². The lowest BCUT2D eigenvalue weighted by molar-refractivity contribution is 0.0736. The first-order chi connectivity index (χ1) is 15.1. The van der Waals surface area contributed by atoms with Crippen LogP contribution in [0, 0.1) is 5.82 Å². The van der Waals surface area contributed by atoms with E-state index in [0.717, 1.165) is 18.7 Å². The van der Waals surface area contributed by atoms with E-state index in [-0.39, 0.29) is 17.5 Å². The SMILES string of the molecule is Nc1ncc(-c2ccc(C(=O)N3CCNCC3)cc2)nc1-c1nc2ccc(F)cc2[nH]1. The van der Waals surface area contributed by atoms with Crippen LogP contribution in [0.25, 0.3) is 33.8 Å². The summed E-state index contributed by atoms with van der Waals surface area (Å²) in [4.78, 5) is 30.9. The van der Waals surface area contributed by atoms with Gasteiger partial charge in [-0.2, -0.15) is 0 Å². The summed E-state index contributed by atoms with van der Waals surface area (Å²) in [6, 6.07) is 11.6. The molecular formula is C22H20FN7O. The van der Waals surface area contributed by atoms with E-state index >= 15 is 0 Å². The van der Waals surface area contributed by atoms with Crippen LogP contribution in [0.5, 0.6) is 0 Å². The molecule has 0 saturated carbocycles. The summed E-state index contributed by atoms with van der Waals surface area (Å²) in [7, 11) is 0. The molecule has 1 amide bonds. The van der Waals surface area contributed by atoms with Gasteiger partial charge in [0, 0.05) is 37.3 Å². The number of aromatic amines is 1. The van der Waals surface area contributed by atoms with Crippen molar-refractivity contribution in [3.8, 4) is 22.8 Å². The molecule has 0 radical (unpaired) electrons. The van der Waals surface area contributed by atoms with Crippen LogP contribution in [0.2, 0.25) is 0 Å². The van der Waals surface area contributed by atoms with Crippen molar-refractivity contribution >= 4 is 22.8 Å². The summed E-state index contributed by atoms with van der Waals surface area (Å²) in [5.74, 6) is 0.296. The van der Waals surface area contributed by atoms with Crippen molar-refractivity contribution in [3.05, 3.63) is 60.0 Å². The number of hydrogen-bond acceptors (Lipinski definition) is 6. The second kappa shape index (κ2) is 7.77. The number of aromatic nitrogens is 4. The number of benzene rings is 2. The highest BCUT2D eigenvalue weighted by atomic mass is 19.1. The Labute approximate surface area is 177 Å². The molecule has 4 aromatic rings. The maximum atomic E-state index is 13.5. The normalized spacial score (nSPS) is 14.2. The molecule has 0 unspecified atom stereocenters. The first-order valence-electron chi connectivity index (χ1n) is 9.97. The molecule has 156 valence electrons.